The second-order valence-corrected chi connectivity index (χ2v) is 6.43. The number of carbonyl (C=O) groups is 3. The summed E-state index contributed by atoms with van der Waals surface area (Å²) in [5.41, 5.74) is -0.250. The zero-order valence-electron chi connectivity index (χ0n) is 15.1. The van der Waals surface area contributed by atoms with Crippen molar-refractivity contribution in [2.24, 2.45) is 0 Å². The number of hydrogen-bond acceptors (Lipinski definition) is 3. The molecular weight excluding hydrogens is 320 g/mol. The van der Waals surface area contributed by atoms with Crippen LogP contribution in [0.2, 0.25) is 0 Å². The number of rotatable bonds is 8. The molecule has 2 atom stereocenters. The first kappa shape index (κ1) is 18.9. The molecule has 0 bridgehead atoms. The molecule has 1 saturated heterocycles. The van der Waals surface area contributed by atoms with Crippen molar-refractivity contribution in [3.05, 3.63) is 35.9 Å². The van der Waals surface area contributed by atoms with Gasteiger partial charge < -0.3 is 15.5 Å². The normalized spacial score (nSPS) is 21.2. The molecule has 1 aliphatic heterocycles. The Kier molecular flexibility index (Phi) is 6.14. The lowest BCUT2D eigenvalue weighted by Gasteiger charge is -2.26. The maximum absolute atomic E-state index is 13.0. The number of likely N-dealkylation sites (N-methyl/N-ethyl adjacent to an activating group) is 1. The average Bonchev–Trinajstić information content (AvgIpc) is 2.85. The van der Waals surface area contributed by atoms with Gasteiger partial charge in [-0.1, -0.05) is 44.2 Å². The Morgan fingerprint density at radius 3 is 2.52 bits per heavy atom. The average molecular weight is 347 g/mol. The van der Waals surface area contributed by atoms with Gasteiger partial charge in [0, 0.05) is 6.54 Å². The number of quaternary nitrogens is 1. The summed E-state index contributed by atoms with van der Waals surface area (Å²) < 4.78 is 0. The molecule has 0 aliphatic carbocycles. The third-order valence-corrected chi connectivity index (χ3v) is 4.44. The molecule has 0 radical (unpaired) electrons. The molecule has 0 saturated carbocycles. The third-order valence-electron chi connectivity index (χ3n) is 4.44. The lowest BCUT2D eigenvalue weighted by Crippen LogP contribution is -3.12. The standard InChI is InChI=1S/C18H26N4O3/c1-4-11-19-15(23)12-21(3)13-22-16(24)18(5-2,20-17(22)25)14-9-7-6-8-10-14/h6-10H,4-5,11-13H2,1-3H3,(H,19,23)(H,20,25)/p+1/t18-/m0/s1. The van der Waals surface area contributed by atoms with E-state index in [9.17, 15) is 14.4 Å². The predicted molar refractivity (Wildman–Crippen MR) is 93.7 cm³/mol. The number of amides is 4. The predicted octanol–water partition coefficient (Wildman–Crippen LogP) is -0.158. The van der Waals surface area contributed by atoms with Gasteiger partial charge in [-0.15, -0.1) is 0 Å². The number of nitrogens with one attached hydrogen (secondary N) is 3. The zero-order chi connectivity index (χ0) is 18.4. The van der Waals surface area contributed by atoms with Gasteiger partial charge in [0.2, 0.25) is 0 Å². The van der Waals surface area contributed by atoms with Gasteiger partial charge in [0.15, 0.2) is 13.2 Å². The van der Waals surface area contributed by atoms with Gasteiger partial charge in [0.05, 0.1) is 7.05 Å². The molecule has 4 amide bonds. The van der Waals surface area contributed by atoms with Gasteiger partial charge >= 0.3 is 6.03 Å². The zero-order valence-corrected chi connectivity index (χ0v) is 15.1. The quantitative estimate of drug-likeness (QED) is 0.572. The second kappa shape index (κ2) is 8.11. The van der Waals surface area contributed by atoms with E-state index in [1.165, 1.54) is 4.90 Å². The molecule has 136 valence electrons. The van der Waals surface area contributed by atoms with Crippen LogP contribution in [-0.2, 0) is 15.1 Å². The van der Waals surface area contributed by atoms with Crippen LogP contribution in [0.1, 0.15) is 32.3 Å². The topological polar surface area (TPSA) is 82.9 Å². The Hall–Kier alpha value is -2.41. The molecule has 0 aromatic heterocycles. The highest BCUT2D eigenvalue weighted by atomic mass is 16.2. The first-order valence-electron chi connectivity index (χ1n) is 8.72. The molecule has 3 N–H and O–H groups in total. The first-order chi connectivity index (χ1) is 11.9. The van der Waals surface area contributed by atoms with Gasteiger partial charge in [0.1, 0.15) is 5.54 Å². The summed E-state index contributed by atoms with van der Waals surface area (Å²) in [4.78, 5) is 39.2. The van der Waals surface area contributed by atoms with E-state index in [4.69, 9.17) is 0 Å². The van der Waals surface area contributed by atoms with Crippen molar-refractivity contribution in [3.8, 4) is 0 Å². The van der Waals surface area contributed by atoms with Crippen molar-refractivity contribution >= 4 is 17.8 Å². The third kappa shape index (κ3) is 3.99. The summed E-state index contributed by atoms with van der Waals surface area (Å²) in [5, 5.41) is 5.65. The Balaban J connectivity index is 2.09. The first-order valence-corrected chi connectivity index (χ1v) is 8.72. The summed E-state index contributed by atoms with van der Waals surface area (Å²) in [5.74, 6) is -0.351. The van der Waals surface area contributed by atoms with E-state index < -0.39 is 11.6 Å². The van der Waals surface area contributed by atoms with Gasteiger partial charge in [-0.2, -0.15) is 0 Å². The Labute approximate surface area is 148 Å². The number of nitrogens with zero attached hydrogens (tertiary/aromatic N) is 1. The second-order valence-electron chi connectivity index (χ2n) is 6.43. The van der Waals surface area contributed by atoms with E-state index in [1.54, 1.807) is 7.05 Å². The van der Waals surface area contributed by atoms with Gasteiger partial charge in [-0.25, -0.2) is 9.69 Å². The molecule has 1 aliphatic rings. The lowest BCUT2D eigenvalue weighted by atomic mass is 9.87. The van der Waals surface area contributed by atoms with Crippen LogP contribution in [0.15, 0.2) is 30.3 Å². The van der Waals surface area contributed by atoms with E-state index in [2.05, 4.69) is 10.6 Å². The van der Waals surface area contributed by atoms with Crippen LogP contribution in [0.25, 0.3) is 0 Å². The molecular formula is C18H27N4O3+. The molecule has 25 heavy (non-hydrogen) atoms. The van der Waals surface area contributed by atoms with E-state index in [1.807, 2.05) is 44.2 Å². The van der Waals surface area contributed by atoms with Crippen molar-refractivity contribution in [2.75, 3.05) is 26.8 Å². The number of benzene rings is 1. The van der Waals surface area contributed by atoms with Gasteiger partial charge in [0.25, 0.3) is 11.8 Å². The molecule has 7 heteroatoms. The van der Waals surface area contributed by atoms with Crippen LogP contribution in [-0.4, -0.2) is 49.6 Å². The summed E-state index contributed by atoms with van der Waals surface area (Å²) in [6.45, 7) is 4.85. The fourth-order valence-corrected chi connectivity index (χ4v) is 3.06. The summed E-state index contributed by atoms with van der Waals surface area (Å²) in [7, 11) is 1.79. The Morgan fingerprint density at radius 2 is 1.92 bits per heavy atom. The van der Waals surface area contributed by atoms with Crippen molar-refractivity contribution in [1.82, 2.24) is 15.5 Å². The minimum absolute atomic E-state index is 0.0868. The van der Waals surface area contributed by atoms with E-state index in [-0.39, 0.29) is 25.0 Å². The van der Waals surface area contributed by atoms with E-state index >= 15 is 0 Å². The summed E-state index contributed by atoms with van der Waals surface area (Å²) in [6, 6.07) is 8.86. The number of carbonyl (C=O) groups excluding carboxylic acids is 3. The van der Waals surface area contributed by atoms with Crippen molar-refractivity contribution < 1.29 is 19.3 Å². The maximum atomic E-state index is 13.0. The molecule has 0 spiro atoms. The van der Waals surface area contributed by atoms with Gasteiger partial charge in [-0.3, -0.25) is 9.59 Å². The minimum atomic E-state index is -1.02. The molecule has 1 heterocycles. The van der Waals surface area contributed by atoms with Crippen LogP contribution >= 0.6 is 0 Å². The SMILES string of the molecule is CCCNC(=O)C[NH+](C)CN1C(=O)N[C@@](CC)(c2ccccc2)C1=O. The van der Waals surface area contributed by atoms with Crippen LogP contribution in [0, 0.1) is 0 Å². The van der Waals surface area contributed by atoms with Crippen molar-refractivity contribution in [3.63, 3.8) is 0 Å². The van der Waals surface area contributed by atoms with Crippen LogP contribution in [0.4, 0.5) is 4.79 Å². The monoisotopic (exact) mass is 347 g/mol. The summed E-state index contributed by atoms with van der Waals surface area (Å²) >= 11 is 0. The Bertz CT molecular complexity index is 634. The van der Waals surface area contributed by atoms with E-state index in [0.29, 0.717) is 13.0 Å². The van der Waals surface area contributed by atoms with Crippen LogP contribution in [0.3, 0.4) is 0 Å². The van der Waals surface area contributed by atoms with Crippen molar-refractivity contribution in [2.45, 2.75) is 32.2 Å². The highest BCUT2D eigenvalue weighted by Crippen LogP contribution is 2.31. The minimum Gasteiger partial charge on any atom is -0.351 e. The Morgan fingerprint density at radius 1 is 1.24 bits per heavy atom. The molecule has 1 aromatic carbocycles. The fourth-order valence-electron chi connectivity index (χ4n) is 3.06. The largest absolute Gasteiger partial charge is 0.351 e. The molecule has 1 fully saturated rings. The molecule has 1 aromatic rings. The van der Waals surface area contributed by atoms with Crippen molar-refractivity contribution in [1.29, 1.82) is 0 Å². The fraction of sp³-hybridized carbons (Fsp3) is 0.500. The highest BCUT2D eigenvalue weighted by Gasteiger charge is 2.52. The van der Waals surface area contributed by atoms with Gasteiger partial charge in [-0.05, 0) is 18.4 Å². The molecule has 1 unspecified atom stereocenters. The summed E-state index contributed by atoms with van der Waals surface area (Å²) in [6.07, 6.45) is 1.34. The number of imide groups is 1. The smallest absolute Gasteiger partial charge is 0.329 e. The highest BCUT2D eigenvalue weighted by molar-refractivity contribution is 6.07. The molecule has 7 nitrogen and oxygen atoms in total. The molecule has 2 rings (SSSR count). The van der Waals surface area contributed by atoms with E-state index in [0.717, 1.165) is 16.9 Å². The number of urea groups is 1. The number of hydrogen-bond donors (Lipinski definition) is 3. The lowest BCUT2D eigenvalue weighted by molar-refractivity contribution is -0.879. The maximum Gasteiger partial charge on any atom is 0.329 e. The van der Waals surface area contributed by atoms with Crippen LogP contribution < -0.4 is 15.5 Å². The van der Waals surface area contributed by atoms with Crippen LogP contribution in [0.5, 0.6) is 0 Å².